The normalized spacial score (nSPS) is 24.5. The molecule has 1 aromatic heterocycles. The van der Waals surface area contributed by atoms with Crippen LogP contribution in [0.3, 0.4) is 0 Å². The number of amides is 3. The Morgan fingerprint density at radius 3 is 2.46 bits per heavy atom. The van der Waals surface area contributed by atoms with E-state index >= 15 is 0 Å². The molecule has 5 rings (SSSR count). The van der Waals surface area contributed by atoms with E-state index in [2.05, 4.69) is 38.1 Å². The van der Waals surface area contributed by atoms with Crippen molar-refractivity contribution in [2.24, 2.45) is 11.3 Å². The average Bonchev–Trinajstić information content (AvgIpc) is 3.30. The molecule has 2 saturated carbocycles. The topological polar surface area (TPSA) is 144 Å². The number of carbonyl (C=O) groups is 5. The van der Waals surface area contributed by atoms with E-state index in [9.17, 15) is 24.0 Å². The molecule has 3 fully saturated rings. The van der Waals surface area contributed by atoms with Crippen LogP contribution >= 0.6 is 15.9 Å². The van der Waals surface area contributed by atoms with Gasteiger partial charge in [-0.05, 0) is 69.1 Å². The molecular formula is C36H45BrN4O7. The Kier molecular flexibility index (Phi) is 10.3. The number of pyridine rings is 1. The molecule has 2 N–H and O–H groups in total. The number of alkyl carbamates (subject to hydrolysis) is 1. The second-order valence-electron chi connectivity index (χ2n) is 14.4. The zero-order valence-electron chi connectivity index (χ0n) is 28.3. The number of fused-ring (bicyclic) bond motifs is 1. The molecule has 1 aliphatic heterocycles. The SMILES string of the molecule is C=C[C@@H]1C[C@]1(NC(=O)[C@@H]1C[C@@H](Oc2cc(C(=O)CBr)nc3cc(C)ccc23)CN1C(=O)[C@@H](NC(=O)OC1CCCC1)C(C)(C)C)C(C)=O. The van der Waals surface area contributed by atoms with Crippen LogP contribution in [0.2, 0.25) is 0 Å². The second kappa shape index (κ2) is 14.0. The summed E-state index contributed by atoms with van der Waals surface area (Å²) >= 11 is 3.22. The first-order chi connectivity index (χ1) is 22.7. The highest BCUT2D eigenvalue weighted by atomic mass is 79.9. The lowest BCUT2D eigenvalue weighted by atomic mass is 9.85. The number of carbonyl (C=O) groups excluding carboxylic acids is 5. The van der Waals surface area contributed by atoms with Crippen molar-refractivity contribution in [1.82, 2.24) is 20.5 Å². The van der Waals surface area contributed by atoms with E-state index in [1.165, 1.54) is 11.8 Å². The van der Waals surface area contributed by atoms with Gasteiger partial charge in [-0.15, -0.1) is 6.58 Å². The zero-order valence-corrected chi connectivity index (χ0v) is 29.9. The predicted octanol–water partition coefficient (Wildman–Crippen LogP) is 5.20. The molecule has 2 heterocycles. The van der Waals surface area contributed by atoms with E-state index in [-0.39, 0.29) is 47.6 Å². The average molecular weight is 726 g/mol. The zero-order chi connectivity index (χ0) is 35.0. The lowest BCUT2D eigenvalue weighted by molar-refractivity contribution is -0.142. The molecule has 3 amide bonds. The summed E-state index contributed by atoms with van der Waals surface area (Å²) in [6, 6.07) is 5.22. The summed E-state index contributed by atoms with van der Waals surface area (Å²) in [5, 5.41) is 6.49. The fourth-order valence-corrected chi connectivity index (χ4v) is 7.09. The number of aryl methyl sites for hydroxylation is 1. The maximum Gasteiger partial charge on any atom is 0.408 e. The number of nitrogens with zero attached hydrogens (tertiary/aromatic N) is 2. The fourth-order valence-electron chi connectivity index (χ4n) is 6.81. The molecule has 0 radical (unpaired) electrons. The minimum Gasteiger partial charge on any atom is -0.488 e. The van der Waals surface area contributed by atoms with Crippen molar-refractivity contribution in [2.45, 2.75) is 103 Å². The standard InChI is InChI=1S/C36H45BrN4O7/c1-7-22-17-36(22,21(3)42)40-32(44)28-15-24(47-30-16-27(29(43)18-37)38-26-14-20(2)12-13-25(26)30)19-41(28)33(45)31(35(4,5)6)39-34(46)48-23-10-8-9-11-23/h7,12-14,16,22-24,28,31H,1,8-11,15,17-19H2,2-6H3,(H,39,46)(H,40,44)/t22-,24-,28+,31-,36+/m1/s1. The third kappa shape index (κ3) is 7.43. The number of benzene rings is 1. The molecule has 48 heavy (non-hydrogen) atoms. The summed E-state index contributed by atoms with van der Waals surface area (Å²) in [5.74, 6) is -1.15. The minimum atomic E-state index is -1.07. The van der Waals surface area contributed by atoms with Gasteiger partial charge in [-0.1, -0.05) is 48.8 Å². The molecule has 11 nitrogen and oxygen atoms in total. The van der Waals surface area contributed by atoms with Crippen molar-refractivity contribution >= 4 is 56.3 Å². The number of hydrogen-bond donors (Lipinski definition) is 2. The van der Waals surface area contributed by atoms with Gasteiger partial charge in [0.1, 0.15) is 41.3 Å². The van der Waals surface area contributed by atoms with Gasteiger partial charge >= 0.3 is 6.09 Å². The molecule has 0 unspecified atom stereocenters. The van der Waals surface area contributed by atoms with Gasteiger partial charge in [0.25, 0.3) is 0 Å². The Morgan fingerprint density at radius 1 is 1.15 bits per heavy atom. The summed E-state index contributed by atoms with van der Waals surface area (Å²) in [7, 11) is 0. The van der Waals surface area contributed by atoms with Crippen LogP contribution in [0, 0.1) is 18.3 Å². The number of hydrogen-bond acceptors (Lipinski definition) is 8. The van der Waals surface area contributed by atoms with Gasteiger partial charge in [0, 0.05) is 23.8 Å². The highest BCUT2D eigenvalue weighted by Crippen LogP contribution is 2.45. The molecule has 2 aliphatic carbocycles. The molecule has 1 aromatic carbocycles. The summed E-state index contributed by atoms with van der Waals surface area (Å²) in [6.07, 6.45) is 4.22. The number of aromatic nitrogens is 1. The first-order valence-electron chi connectivity index (χ1n) is 16.6. The third-order valence-electron chi connectivity index (χ3n) is 9.70. The molecule has 3 aliphatic rings. The number of nitrogens with one attached hydrogen (secondary N) is 2. The number of likely N-dealkylation sites (tertiary alicyclic amines) is 1. The van der Waals surface area contributed by atoms with E-state index in [1.807, 2.05) is 45.9 Å². The highest BCUT2D eigenvalue weighted by molar-refractivity contribution is 9.09. The van der Waals surface area contributed by atoms with Crippen LogP contribution in [0.4, 0.5) is 4.79 Å². The van der Waals surface area contributed by atoms with Crippen molar-refractivity contribution in [3.63, 3.8) is 0 Å². The number of ketones is 2. The molecular weight excluding hydrogens is 680 g/mol. The number of halogens is 1. The Hall–Kier alpha value is -3.80. The van der Waals surface area contributed by atoms with Gasteiger partial charge in [0.2, 0.25) is 11.8 Å². The highest BCUT2D eigenvalue weighted by Gasteiger charge is 2.59. The van der Waals surface area contributed by atoms with Gasteiger partial charge in [-0.25, -0.2) is 9.78 Å². The number of rotatable bonds is 11. The van der Waals surface area contributed by atoms with Crippen LogP contribution in [0.15, 0.2) is 36.9 Å². The predicted molar refractivity (Wildman–Crippen MR) is 184 cm³/mol. The van der Waals surface area contributed by atoms with Crippen molar-refractivity contribution in [1.29, 1.82) is 0 Å². The monoisotopic (exact) mass is 724 g/mol. The van der Waals surface area contributed by atoms with Gasteiger partial charge in [-0.3, -0.25) is 19.2 Å². The summed E-state index contributed by atoms with van der Waals surface area (Å²) in [4.78, 5) is 72.8. The van der Waals surface area contributed by atoms with E-state index in [1.54, 1.807) is 12.1 Å². The summed E-state index contributed by atoms with van der Waals surface area (Å²) in [6.45, 7) is 12.7. The van der Waals surface area contributed by atoms with Crippen LogP contribution in [-0.4, -0.2) is 81.1 Å². The smallest absolute Gasteiger partial charge is 0.408 e. The number of ether oxygens (including phenoxy) is 2. The lowest BCUT2D eigenvalue weighted by Gasteiger charge is -2.35. The van der Waals surface area contributed by atoms with Gasteiger partial charge in [0.15, 0.2) is 11.6 Å². The van der Waals surface area contributed by atoms with Gasteiger partial charge in [0.05, 0.1) is 17.4 Å². The molecule has 5 atom stereocenters. The summed E-state index contributed by atoms with van der Waals surface area (Å²) < 4.78 is 12.1. The largest absolute Gasteiger partial charge is 0.488 e. The quantitative estimate of drug-likeness (QED) is 0.183. The second-order valence-corrected chi connectivity index (χ2v) is 14.9. The van der Waals surface area contributed by atoms with Gasteiger partial charge < -0.3 is 25.0 Å². The Labute approximate surface area is 289 Å². The molecule has 0 spiro atoms. The Morgan fingerprint density at radius 2 is 1.85 bits per heavy atom. The first-order valence-corrected chi connectivity index (χ1v) is 17.7. The van der Waals surface area contributed by atoms with Crippen molar-refractivity contribution in [2.75, 3.05) is 11.9 Å². The van der Waals surface area contributed by atoms with E-state index in [0.717, 1.165) is 31.2 Å². The van der Waals surface area contributed by atoms with Crippen LogP contribution in [0.1, 0.15) is 82.3 Å². The number of Topliss-reactive ketones (excluding diaryl/α,β-unsaturated/α-hetero) is 2. The summed E-state index contributed by atoms with van der Waals surface area (Å²) in [5.41, 5.74) is -0.0271. The molecule has 258 valence electrons. The first kappa shape index (κ1) is 35.5. The number of alkyl halides is 1. The van der Waals surface area contributed by atoms with Crippen molar-refractivity contribution < 1.29 is 33.4 Å². The van der Waals surface area contributed by atoms with Crippen LogP contribution < -0.4 is 15.4 Å². The molecule has 12 heteroatoms. The van der Waals surface area contributed by atoms with Gasteiger partial charge in [-0.2, -0.15) is 0 Å². The molecule has 0 bridgehead atoms. The maximum atomic E-state index is 14.4. The van der Waals surface area contributed by atoms with Crippen LogP contribution in [0.5, 0.6) is 5.75 Å². The van der Waals surface area contributed by atoms with E-state index in [4.69, 9.17) is 9.47 Å². The van der Waals surface area contributed by atoms with Crippen LogP contribution in [-0.2, 0) is 19.1 Å². The molecule has 2 aromatic rings. The van der Waals surface area contributed by atoms with Crippen molar-refractivity contribution in [3.05, 3.63) is 48.2 Å². The van der Waals surface area contributed by atoms with E-state index < -0.39 is 47.0 Å². The van der Waals surface area contributed by atoms with Crippen LogP contribution in [0.25, 0.3) is 10.9 Å². The Balaban J connectivity index is 1.46. The molecule has 1 saturated heterocycles. The van der Waals surface area contributed by atoms with E-state index in [0.29, 0.717) is 23.1 Å². The fraction of sp³-hybridized carbons (Fsp3) is 0.556. The van der Waals surface area contributed by atoms with Crippen molar-refractivity contribution in [3.8, 4) is 5.75 Å². The maximum absolute atomic E-state index is 14.4. The Bertz CT molecular complexity index is 1630. The lowest BCUT2D eigenvalue weighted by Crippen LogP contribution is -2.59. The third-order valence-corrected chi connectivity index (χ3v) is 10.2. The minimum absolute atomic E-state index is 0.0260.